The molecule has 2 rings (SSSR count). The van der Waals surface area contributed by atoms with Gasteiger partial charge in [0, 0.05) is 6.92 Å². The Balaban J connectivity index is 2.16. The minimum atomic E-state index is -0.319. The van der Waals surface area contributed by atoms with Gasteiger partial charge in [-0.2, -0.15) is 0 Å². The second-order valence-electron chi connectivity index (χ2n) is 3.85. The van der Waals surface area contributed by atoms with Crippen molar-refractivity contribution in [3.8, 4) is 0 Å². The van der Waals surface area contributed by atoms with E-state index in [0.717, 1.165) is 12.2 Å². The predicted molar refractivity (Wildman–Crippen MR) is 62.2 cm³/mol. The van der Waals surface area contributed by atoms with Crippen molar-refractivity contribution in [1.82, 2.24) is 0 Å². The van der Waals surface area contributed by atoms with Gasteiger partial charge < -0.3 is 4.74 Å². The van der Waals surface area contributed by atoms with Crippen LogP contribution in [-0.4, -0.2) is 18.4 Å². The lowest BCUT2D eigenvalue weighted by Gasteiger charge is -2.13. The first-order valence-corrected chi connectivity index (χ1v) is 5.26. The van der Waals surface area contributed by atoms with Gasteiger partial charge in [-0.1, -0.05) is 25.1 Å². The fraction of sp³-hybridized carbons (Fsp3) is 0.333. The molecule has 0 aliphatic carbocycles. The van der Waals surface area contributed by atoms with Gasteiger partial charge in [0.15, 0.2) is 0 Å². The van der Waals surface area contributed by atoms with Crippen LogP contribution in [0.2, 0.25) is 0 Å². The Hall–Kier alpha value is -1.84. The molecule has 1 aliphatic rings. The smallest absolute Gasteiger partial charge is 0.309 e. The van der Waals surface area contributed by atoms with Gasteiger partial charge >= 0.3 is 5.97 Å². The van der Waals surface area contributed by atoms with E-state index in [9.17, 15) is 4.79 Å². The number of carbonyl (C=O) groups is 1. The molecular formula is C12H14N2O2. The zero-order valence-electron chi connectivity index (χ0n) is 9.38. The first kappa shape index (κ1) is 10.7. The maximum absolute atomic E-state index is 10.9. The van der Waals surface area contributed by atoms with Gasteiger partial charge in [0.25, 0.3) is 0 Å². The van der Waals surface area contributed by atoms with Crippen LogP contribution >= 0.6 is 0 Å². The highest BCUT2D eigenvalue weighted by molar-refractivity contribution is 5.91. The zero-order valence-corrected chi connectivity index (χ0v) is 9.38. The molecule has 1 atom stereocenters. The number of rotatable bonds is 1. The van der Waals surface area contributed by atoms with Crippen molar-refractivity contribution in [3.63, 3.8) is 0 Å². The third kappa shape index (κ3) is 2.21. The Morgan fingerprint density at radius 1 is 1.44 bits per heavy atom. The second kappa shape index (κ2) is 4.35. The second-order valence-corrected chi connectivity index (χ2v) is 3.85. The molecule has 0 saturated heterocycles. The Morgan fingerprint density at radius 3 is 2.75 bits per heavy atom. The van der Waals surface area contributed by atoms with Crippen LogP contribution in [0.3, 0.4) is 0 Å². The Kier molecular flexibility index (Phi) is 2.90. The van der Waals surface area contributed by atoms with E-state index >= 15 is 0 Å². The summed E-state index contributed by atoms with van der Waals surface area (Å²) in [5, 5.41) is 6.14. The van der Waals surface area contributed by atoms with Crippen LogP contribution in [-0.2, 0) is 9.53 Å². The maximum atomic E-state index is 10.9. The van der Waals surface area contributed by atoms with Crippen molar-refractivity contribution in [3.05, 3.63) is 30.3 Å². The van der Waals surface area contributed by atoms with E-state index in [1.165, 1.54) is 6.92 Å². The summed E-state index contributed by atoms with van der Waals surface area (Å²) in [4.78, 5) is 10.9. The first-order chi connectivity index (χ1) is 7.66. The number of ether oxygens (including phenoxy) is 1. The van der Waals surface area contributed by atoms with E-state index in [4.69, 9.17) is 4.74 Å². The van der Waals surface area contributed by atoms with Crippen molar-refractivity contribution in [2.75, 3.05) is 11.6 Å². The molecule has 0 spiro atoms. The van der Waals surface area contributed by atoms with Crippen LogP contribution in [0.1, 0.15) is 13.8 Å². The topological polar surface area (TPSA) is 41.9 Å². The number of para-hydroxylation sites is 1. The molecule has 1 unspecified atom stereocenters. The van der Waals surface area contributed by atoms with E-state index in [1.54, 1.807) is 0 Å². The van der Waals surface area contributed by atoms with Crippen LogP contribution in [0.4, 0.5) is 5.69 Å². The minimum absolute atomic E-state index is 0.143. The lowest BCUT2D eigenvalue weighted by Crippen LogP contribution is -2.18. The molecule has 0 bridgehead atoms. The maximum Gasteiger partial charge on any atom is 0.309 e. The summed E-state index contributed by atoms with van der Waals surface area (Å²) in [5.74, 6) is 0.320. The number of hydrogen-bond acceptors (Lipinski definition) is 4. The molecule has 1 aliphatic heterocycles. The van der Waals surface area contributed by atoms with Crippen LogP contribution < -0.4 is 5.01 Å². The molecule has 0 aromatic heterocycles. The largest absolute Gasteiger partial charge is 0.410 e. The Labute approximate surface area is 94.5 Å². The van der Waals surface area contributed by atoms with Gasteiger partial charge in [-0.3, -0.25) is 9.80 Å². The van der Waals surface area contributed by atoms with Gasteiger partial charge in [-0.05, 0) is 12.1 Å². The number of hydrogen-bond donors (Lipinski definition) is 0. The number of carbonyl (C=O) groups excluding carboxylic acids is 1. The summed E-state index contributed by atoms with van der Waals surface area (Å²) >= 11 is 0. The molecular weight excluding hydrogens is 204 g/mol. The van der Waals surface area contributed by atoms with Crippen molar-refractivity contribution < 1.29 is 9.53 Å². The van der Waals surface area contributed by atoms with Gasteiger partial charge in [0.2, 0.25) is 5.90 Å². The molecule has 4 heteroatoms. The van der Waals surface area contributed by atoms with Crippen LogP contribution in [0.25, 0.3) is 0 Å². The summed E-state index contributed by atoms with van der Waals surface area (Å²) in [5.41, 5.74) is 1.01. The van der Waals surface area contributed by atoms with Crippen molar-refractivity contribution in [1.29, 1.82) is 0 Å². The highest BCUT2D eigenvalue weighted by atomic mass is 16.5. The van der Waals surface area contributed by atoms with E-state index in [2.05, 4.69) is 5.10 Å². The summed E-state index contributed by atoms with van der Waals surface area (Å²) in [7, 11) is 0. The summed E-state index contributed by atoms with van der Waals surface area (Å²) < 4.78 is 5.04. The third-order valence-corrected chi connectivity index (χ3v) is 2.39. The van der Waals surface area contributed by atoms with Gasteiger partial charge in [0.1, 0.15) is 0 Å². The summed E-state index contributed by atoms with van der Waals surface area (Å²) in [6.45, 7) is 4.12. The Bertz CT molecular complexity index is 414. The SMILES string of the molecule is CC(=O)OC1=NN(c2ccccc2)CC1C. The lowest BCUT2D eigenvalue weighted by molar-refractivity contribution is -0.133. The molecule has 4 nitrogen and oxygen atoms in total. The van der Waals surface area contributed by atoms with Gasteiger partial charge in [-0.15, -0.1) is 5.10 Å². The fourth-order valence-electron chi connectivity index (χ4n) is 1.63. The minimum Gasteiger partial charge on any atom is -0.410 e. The van der Waals surface area contributed by atoms with Crippen molar-refractivity contribution in [2.45, 2.75) is 13.8 Å². The number of nitrogens with zero attached hydrogens (tertiary/aromatic N) is 2. The van der Waals surface area contributed by atoms with Crippen molar-refractivity contribution in [2.24, 2.45) is 11.0 Å². The van der Waals surface area contributed by atoms with E-state index < -0.39 is 0 Å². The molecule has 0 saturated carbocycles. The van der Waals surface area contributed by atoms with Crippen LogP contribution in [0.5, 0.6) is 0 Å². The Morgan fingerprint density at radius 2 is 2.12 bits per heavy atom. The molecule has 1 aromatic rings. The predicted octanol–water partition coefficient (Wildman–Crippen LogP) is 2.02. The van der Waals surface area contributed by atoms with E-state index in [-0.39, 0.29) is 11.9 Å². The average Bonchev–Trinajstić information content (AvgIpc) is 2.61. The van der Waals surface area contributed by atoms with Gasteiger partial charge in [-0.25, -0.2) is 0 Å². The number of hydrazone groups is 1. The van der Waals surface area contributed by atoms with E-state index in [0.29, 0.717) is 5.90 Å². The highest BCUT2D eigenvalue weighted by Gasteiger charge is 2.26. The molecule has 0 N–H and O–H groups in total. The van der Waals surface area contributed by atoms with Crippen LogP contribution in [0, 0.1) is 5.92 Å². The molecule has 1 heterocycles. The van der Waals surface area contributed by atoms with Gasteiger partial charge in [0.05, 0.1) is 18.2 Å². The number of anilines is 1. The van der Waals surface area contributed by atoms with Crippen molar-refractivity contribution >= 4 is 17.6 Å². The third-order valence-electron chi connectivity index (χ3n) is 2.39. The monoisotopic (exact) mass is 218 g/mol. The fourth-order valence-corrected chi connectivity index (χ4v) is 1.63. The molecule has 0 amide bonds. The van der Waals surface area contributed by atoms with E-state index in [1.807, 2.05) is 42.3 Å². The standard InChI is InChI=1S/C12H14N2O2/c1-9-8-14(11-6-4-3-5-7-11)13-12(9)16-10(2)15/h3-7,9H,8H2,1-2H3. The average molecular weight is 218 g/mol. The number of esters is 1. The lowest BCUT2D eigenvalue weighted by atomic mass is 10.2. The zero-order chi connectivity index (χ0) is 11.5. The first-order valence-electron chi connectivity index (χ1n) is 5.26. The molecule has 84 valence electrons. The molecule has 0 radical (unpaired) electrons. The molecule has 0 fully saturated rings. The van der Waals surface area contributed by atoms with Crippen LogP contribution in [0.15, 0.2) is 35.4 Å². The molecule has 16 heavy (non-hydrogen) atoms. The summed E-state index contributed by atoms with van der Waals surface area (Å²) in [6, 6.07) is 9.83. The highest BCUT2D eigenvalue weighted by Crippen LogP contribution is 2.22. The summed E-state index contributed by atoms with van der Waals surface area (Å²) in [6.07, 6.45) is 0. The molecule has 1 aromatic carbocycles. The normalized spacial score (nSPS) is 19.5. The quantitative estimate of drug-likeness (QED) is 0.677. The number of benzene rings is 1.